The van der Waals surface area contributed by atoms with Gasteiger partial charge < -0.3 is 0 Å². The van der Waals surface area contributed by atoms with Crippen molar-refractivity contribution in [1.82, 2.24) is 5.43 Å². The molecule has 2 aliphatic rings. The number of carbonyl (C=O) groups is 1. The second-order valence-electron chi connectivity index (χ2n) is 4.89. The third-order valence-corrected chi connectivity index (χ3v) is 3.63. The summed E-state index contributed by atoms with van der Waals surface area (Å²) in [6.45, 7) is 2.14. The largest absolute Gasteiger partial charge is 0.273 e. The van der Waals surface area contributed by atoms with Gasteiger partial charge in [-0.3, -0.25) is 4.79 Å². The molecule has 0 radical (unpaired) electrons. The predicted octanol–water partition coefficient (Wildman–Crippen LogP) is 1.86. The number of hydrogen-bond acceptors (Lipinski definition) is 2. The van der Waals surface area contributed by atoms with Crippen molar-refractivity contribution in [3.8, 4) is 0 Å². The van der Waals surface area contributed by atoms with Crippen LogP contribution in [-0.4, -0.2) is 11.6 Å². The lowest BCUT2D eigenvalue weighted by molar-refractivity contribution is -0.123. The van der Waals surface area contributed by atoms with Gasteiger partial charge in [-0.15, -0.1) is 0 Å². The molecule has 82 valence electrons. The Morgan fingerprint density at radius 1 is 1.38 bits per heavy atom. The number of hydrazone groups is 1. The fraction of sp³-hybridized carbons (Fsp3) is 0.385. The molecule has 1 aromatic carbocycles. The number of aryl methyl sites for hydroxylation is 1. The number of nitrogens with zero attached hydrogens (tertiary/aromatic N) is 1. The van der Waals surface area contributed by atoms with E-state index in [4.69, 9.17) is 0 Å². The van der Waals surface area contributed by atoms with Crippen molar-refractivity contribution in [2.45, 2.75) is 26.2 Å². The van der Waals surface area contributed by atoms with Gasteiger partial charge in [0.25, 0.3) is 0 Å². The second kappa shape index (κ2) is 3.17. The van der Waals surface area contributed by atoms with E-state index in [0.29, 0.717) is 6.42 Å². The van der Waals surface area contributed by atoms with E-state index in [2.05, 4.69) is 35.7 Å². The first-order valence-electron chi connectivity index (χ1n) is 5.64. The van der Waals surface area contributed by atoms with E-state index < -0.39 is 0 Å². The van der Waals surface area contributed by atoms with Gasteiger partial charge in [0.2, 0.25) is 5.91 Å². The van der Waals surface area contributed by atoms with Crippen LogP contribution >= 0.6 is 0 Å². The number of nitrogens with one attached hydrogen (secondary N) is 1. The number of hydrogen-bond donors (Lipinski definition) is 1. The minimum Gasteiger partial charge on any atom is -0.273 e. The Balaban J connectivity index is 2.16. The molecular weight excluding hydrogens is 200 g/mol. The van der Waals surface area contributed by atoms with Gasteiger partial charge in [-0.2, -0.15) is 5.10 Å². The summed E-state index contributed by atoms with van der Waals surface area (Å²) >= 11 is 0. The van der Waals surface area contributed by atoms with Crippen molar-refractivity contribution < 1.29 is 4.79 Å². The summed E-state index contributed by atoms with van der Waals surface area (Å²) in [6.07, 6.45) is 2.61. The normalized spacial score (nSPS) is 27.6. The van der Waals surface area contributed by atoms with Gasteiger partial charge in [0, 0.05) is 17.4 Å². The number of rotatable bonds is 0. The quantitative estimate of drug-likeness (QED) is 0.703. The van der Waals surface area contributed by atoms with Gasteiger partial charge in [0.15, 0.2) is 0 Å². The smallest absolute Gasteiger partial charge is 0.241 e. The molecule has 3 nitrogen and oxygen atoms in total. The highest BCUT2D eigenvalue weighted by molar-refractivity contribution is 6.09. The molecule has 1 N–H and O–H groups in total. The van der Waals surface area contributed by atoms with Crippen LogP contribution in [0.5, 0.6) is 0 Å². The van der Waals surface area contributed by atoms with E-state index in [-0.39, 0.29) is 11.3 Å². The number of benzene rings is 1. The first-order valence-corrected chi connectivity index (χ1v) is 5.64. The van der Waals surface area contributed by atoms with Crippen molar-refractivity contribution in [3.05, 3.63) is 35.4 Å². The van der Waals surface area contributed by atoms with E-state index in [1.54, 1.807) is 0 Å². The number of amides is 1. The summed E-state index contributed by atoms with van der Waals surface area (Å²) < 4.78 is 0. The molecule has 3 heteroatoms. The molecule has 0 fully saturated rings. The van der Waals surface area contributed by atoms with Crippen LogP contribution in [-0.2, 0) is 11.2 Å². The van der Waals surface area contributed by atoms with Gasteiger partial charge in [-0.05, 0) is 18.4 Å². The van der Waals surface area contributed by atoms with E-state index in [9.17, 15) is 4.79 Å². The molecule has 0 saturated heterocycles. The van der Waals surface area contributed by atoms with E-state index in [1.807, 2.05) is 6.07 Å². The molecule has 16 heavy (non-hydrogen) atoms. The summed E-state index contributed by atoms with van der Waals surface area (Å²) in [4.78, 5) is 11.4. The van der Waals surface area contributed by atoms with Crippen LogP contribution < -0.4 is 5.43 Å². The molecule has 1 amide bonds. The van der Waals surface area contributed by atoms with Crippen LogP contribution in [0.1, 0.15) is 30.9 Å². The molecule has 1 aliphatic heterocycles. The van der Waals surface area contributed by atoms with Crippen LogP contribution in [0.4, 0.5) is 0 Å². The van der Waals surface area contributed by atoms with Crippen molar-refractivity contribution >= 4 is 11.6 Å². The van der Waals surface area contributed by atoms with Crippen molar-refractivity contribution in [2.24, 2.45) is 10.5 Å². The van der Waals surface area contributed by atoms with Crippen LogP contribution in [0.3, 0.4) is 0 Å². The maximum Gasteiger partial charge on any atom is 0.241 e. The van der Waals surface area contributed by atoms with Crippen LogP contribution in [0, 0.1) is 5.41 Å². The van der Waals surface area contributed by atoms with Crippen molar-refractivity contribution in [1.29, 1.82) is 0 Å². The van der Waals surface area contributed by atoms with Crippen LogP contribution in [0.15, 0.2) is 29.4 Å². The Morgan fingerprint density at radius 3 is 3.06 bits per heavy atom. The molecule has 1 aliphatic carbocycles. The molecule has 0 bridgehead atoms. The summed E-state index contributed by atoms with van der Waals surface area (Å²) in [5, 5.41) is 4.26. The van der Waals surface area contributed by atoms with Gasteiger partial charge >= 0.3 is 0 Å². The Kier molecular flexibility index (Phi) is 1.90. The third kappa shape index (κ3) is 1.28. The fourth-order valence-electron chi connectivity index (χ4n) is 2.70. The van der Waals surface area contributed by atoms with Gasteiger partial charge in [-0.25, -0.2) is 5.43 Å². The molecule has 0 unspecified atom stereocenters. The van der Waals surface area contributed by atoms with E-state index >= 15 is 0 Å². The molecule has 1 aromatic rings. The summed E-state index contributed by atoms with van der Waals surface area (Å²) in [6, 6.07) is 8.34. The zero-order valence-electron chi connectivity index (χ0n) is 9.29. The molecule has 1 atom stereocenters. The molecule has 3 rings (SSSR count). The lowest BCUT2D eigenvalue weighted by Crippen LogP contribution is -2.43. The van der Waals surface area contributed by atoms with Gasteiger partial charge in [-0.1, -0.05) is 31.2 Å². The van der Waals surface area contributed by atoms with Crippen molar-refractivity contribution in [3.63, 3.8) is 0 Å². The zero-order valence-corrected chi connectivity index (χ0v) is 9.29. The second-order valence-corrected chi connectivity index (χ2v) is 4.89. The Hall–Kier alpha value is -1.64. The number of fused-ring (bicyclic) bond motifs is 3. The first kappa shape index (κ1) is 9.58. The average molecular weight is 214 g/mol. The lowest BCUT2D eigenvalue weighted by atomic mass is 9.69. The summed E-state index contributed by atoms with van der Waals surface area (Å²) in [7, 11) is 0. The summed E-state index contributed by atoms with van der Waals surface area (Å²) in [5.41, 5.74) is 6.12. The predicted molar refractivity (Wildman–Crippen MR) is 62.2 cm³/mol. The first-order chi connectivity index (χ1) is 7.69. The molecule has 0 spiro atoms. The fourth-order valence-corrected chi connectivity index (χ4v) is 2.70. The SMILES string of the molecule is C[C@]12CCc3ccccc3C1=NNC(=O)C2. The minimum absolute atomic E-state index is 0.0330. The number of carbonyl (C=O) groups excluding carboxylic acids is 1. The maximum atomic E-state index is 11.4. The van der Waals surface area contributed by atoms with Gasteiger partial charge in [0.1, 0.15) is 0 Å². The highest BCUT2D eigenvalue weighted by Gasteiger charge is 2.40. The third-order valence-electron chi connectivity index (χ3n) is 3.63. The van der Waals surface area contributed by atoms with E-state index in [0.717, 1.165) is 18.6 Å². The molecular formula is C13H14N2O. The Bertz CT molecular complexity index is 492. The van der Waals surface area contributed by atoms with Crippen LogP contribution in [0.2, 0.25) is 0 Å². The molecule has 0 saturated carbocycles. The highest BCUT2D eigenvalue weighted by Crippen LogP contribution is 2.39. The minimum atomic E-state index is -0.0727. The molecule has 0 aromatic heterocycles. The van der Waals surface area contributed by atoms with Crippen molar-refractivity contribution in [2.75, 3.05) is 0 Å². The standard InChI is InChI=1S/C13H14N2O/c1-13-7-6-9-4-2-3-5-10(9)12(13)15-14-11(16)8-13/h2-5H,6-8H2,1H3,(H,14,16)/t13-/m1/s1. The van der Waals surface area contributed by atoms with E-state index in [1.165, 1.54) is 11.1 Å². The van der Waals surface area contributed by atoms with Crippen LogP contribution in [0.25, 0.3) is 0 Å². The monoisotopic (exact) mass is 214 g/mol. The summed E-state index contributed by atoms with van der Waals surface area (Å²) in [5.74, 6) is 0.0330. The highest BCUT2D eigenvalue weighted by atomic mass is 16.2. The molecule has 1 heterocycles. The van der Waals surface area contributed by atoms with Gasteiger partial charge in [0.05, 0.1) is 5.71 Å². The Morgan fingerprint density at radius 2 is 2.19 bits per heavy atom. The average Bonchev–Trinajstić information content (AvgIpc) is 2.27. The Labute approximate surface area is 94.6 Å². The maximum absolute atomic E-state index is 11.4. The lowest BCUT2D eigenvalue weighted by Gasteiger charge is -2.38. The topological polar surface area (TPSA) is 41.5 Å². The zero-order chi connectivity index (χ0) is 11.2.